The lowest BCUT2D eigenvalue weighted by atomic mass is 9.97. The van der Waals surface area contributed by atoms with Gasteiger partial charge < -0.3 is 5.32 Å². The molecule has 27 heavy (non-hydrogen) atoms. The number of thioether (sulfide) groups is 1. The van der Waals surface area contributed by atoms with Gasteiger partial charge in [-0.15, -0.1) is 10.2 Å². The summed E-state index contributed by atoms with van der Waals surface area (Å²) in [4.78, 5) is 12.5. The molecule has 0 radical (unpaired) electrons. The highest BCUT2D eigenvalue weighted by molar-refractivity contribution is 8.00. The molecule has 144 valence electrons. The van der Waals surface area contributed by atoms with Gasteiger partial charge in [-0.05, 0) is 64.5 Å². The number of aryl methyl sites for hydroxylation is 2. The molecule has 1 aliphatic rings. The van der Waals surface area contributed by atoms with Crippen LogP contribution < -0.4 is 5.32 Å². The van der Waals surface area contributed by atoms with Crippen LogP contribution in [0.4, 0.5) is 0 Å². The fraction of sp³-hybridized carbons (Fsp3) is 0.476. The number of carbonyl (C=O) groups excluding carboxylic acids is 1. The molecule has 0 aliphatic heterocycles. The van der Waals surface area contributed by atoms with E-state index in [2.05, 4.69) is 40.6 Å². The summed E-state index contributed by atoms with van der Waals surface area (Å²) in [6, 6.07) is 8.15. The Morgan fingerprint density at radius 1 is 1.26 bits per heavy atom. The lowest BCUT2D eigenvalue weighted by Crippen LogP contribution is -2.32. The average Bonchev–Trinajstić information content (AvgIpc) is 3.03. The van der Waals surface area contributed by atoms with E-state index in [0.717, 1.165) is 28.7 Å². The predicted octanol–water partition coefficient (Wildman–Crippen LogP) is 4.37. The highest BCUT2D eigenvalue weighted by Crippen LogP contribution is 2.27. The van der Waals surface area contributed by atoms with Gasteiger partial charge in [-0.25, -0.2) is 0 Å². The van der Waals surface area contributed by atoms with Crippen LogP contribution in [0.2, 0.25) is 0 Å². The van der Waals surface area contributed by atoms with Gasteiger partial charge in [0.1, 0.15) is 5.82 Å². The molecular weight excluding hydrogens is 356 g/mol. The van der Waals surface area contributed by atoms with Gasteiger partial charge in [-0.1, -0.05) is 41.6 Å². The van der Waals surface area contributed by atoms with Gasteiger partial charge >= 0.3 is 0 Å². The number of allylic oxidation sites excluding steroid dienone is 1. The highest BCUT2D eigenvalue weighted by atomic mass is 32.2. The molecule has 1 atom stereocenters. The van der Waals surface area contributed by atoms with E-state index >= 15 is 0 Å². The maximum atomic E-state index is 12.5. The molecule has 0 saturated carbocycles. The number of nitrogens with zero attached hydrogens (tertiary/aromatic N) is 3. The number of nitrogens with one attached hydrogen (secondary N) is 1. The Hall–Kier alpha value is -2.08. The fourth-order valence-corrected chi connectivity index (χ4v) is 4.27. The number of para-hydroxylation sites is 1. The Labute approximate surface area is 165 Å². The monoisotopic (exact) mass is 384 g/mol. The highest BCUT2D eigenvalue weighted by Gasteiger charge is 2.20. The van der Waals surface area contributed by atoms with Gasteiger partial charge in [0.05, 0.1) is 10.9 Å². The molecule has 0 spiro atoms. The van der Waals surface area contributed by atoms with E-state index in [0.29, 0.717) is 6.54 Å². The second-order valence-corrected chi connectivity index (χ2v) is 8.37. The molecular formula is C21H28N4OS. The quantitative estimate of drug-likeness (QED) is 0.569. The van der Waals surface area contributed by atoms with E-state index in [9.17, 15) is 4.79 Å². The van der Waals surface area contributed by atoms with Gasteiger partial charge in [-0.2, -0.15) is 0 Å². The van der Waals surface area contributed by atoms with Crippen molar-refractivity contribution in [1.82, 2.24) is 20.1 Å². The molecule has 6 heteroatoms. The van der Waals surface area contributed by atoms with E-state index in [1.165, 1.54) is 43.0 Å². The molecule has 1 N–H and O–H groups in total. The van der Waals surface area contributed by atoms with Crippen molar-refractivity contribution >= 4 is 17.7 Å². The first-order valence-electron chi connectivity index (χ1n) is 9.66. The van der Waals surface area contributed by atoms with Crippen LogP contribution in [0.25, 0.3) is 5.69 Å². The molecule has 1 aliphatic carbocycles. The van der Waals surface area contributed by atoms with E-state index in [4.69, 9.17) is 0 Å². The largest absolute Gasteiger partial charge is 0.355 e. The minimum atomic E-state index is -0.225. The zero-order valence-electron chi connectivity index (χ0n) is 16.4. The third-order valence-corrected chi connectivity index (χ3v) is 5.98. The van der Waals surface area contributed by atoms with E-state index in [-0.39, 0.29) is 11.2 Å². The summed E-state index contributed by atoms with van der Waals surface area (Å²) in [6.45, 7) is 6.64. The summed E-state index contributed by atoms with van der Waals surface area (Å²) >= 11 is 1.45. The smallest absolute Gasteiger partial charge is 0.233 e. The number of benzene rings is 1. The zero-order chi connectivity index (χ0) is 19.2. The van der Waals surface area contributed by atoms with Crippen molar-refractivity contribution in [2.45, 2.75) is 63.3 Å². The Kier molecular flexibility index (Phi) is 6.72. The predicted molar refractivity (Wildman–Crippen MR) is 110 cm³/mol. The van der Waals surface area contributed by atoms with Crippen LogP contribution in [0.3, 0.4) is 0 Å². The maximum absolute atomic E-state index is 12.5. The number of rotatable bonds is 7. The molecule has 3 rings (SSSR count). The third kappa shape index (κ3) is 5.01. The van der Waals surface area contributed by atoms with Crippen LogP contribution in [-0.4, -0.2) is 32.5 Å². The van der Waals surface area contributed by atoms with Crippen LogP contribution in [0, 0.1) is 13.8 Å². The maximum Gasteiger partial charge on any atom is 0.233 e. The minimum Gasteiger partial charge on any atom is -0.355 e. The van der Waals surface area contributed by atoms with Crippen molar-refractivity contribution in [3.05, 3.63) is 47.3 Å². The van der Waals surface area contributed by atoms with Crippen molar-refractivity contribution in [2.75, 3.05) is 6.54 Å². The second kappa shape index (κ2) is 9.22. The second-order valence-electron chi connectivity index (χ2n) is 7.06. The normalized spacial score (nSPS) is 15.3. The molecule has 5 nitrogen and oxygen atoms in total. The topological polar surface area (TPSA) is 59.8 Å². The Bertz CT molecular complexity index is 827. The molecule has 0 saturated heterocycles. The molecule has 1 aromatic heterocycles. The molecule has 1 amide bonds. The number of hydrogen-bond acceptors (Lipinski definition) is 4. The Morgan fingerprint density at radius 3 is 2.81 bits per heavy atom. The summed E-state index contributed by atoms with van der Waals surface area (Å²) in [5, 5.41) is 12.1. The summed E-state index contributed by atoms with van der Waals surface area (Å²) < 4.78 is 2.02. The summed E-state index contributed by atoms with van der Waals surface area (Å²) in [5.41, 5.74) is 3.69. The zero-order valence-corrected chi connectivity index (χ0v) is 17.2. The first-order valence-corrected chi connectivity index (χ1v) is 10.5. The number of amides is 1. The number of hydrogen-bond donors (Lipinski definition) is 1. The first kappa shape index (κ1) is 19.7. The molecule has 1 aromatic carbocycles. The summed E-state index contributed by atoms with van der Waals surface area (Å²) in [6.07, 6.45) is 8.23. The van der Waals surface area contributed by atoms with Crippen molar-refractivity contribution < 1.29 is 4.79 Å². The van der Waals surface area contributed by atoms with Gasteiger partial charge in [0.15, 0.2) is 5.16 Å². The fourth-order valence-electron chi connectivity index (χ4n) is 3.34. The van der Waals surface area contributed by atoms with Gasteiger partial charge in [0.25, 0.3) is 0 Å². The Balaban J connectivity index is 1.61. The summed E-state index contributed by atoms with van der Waals surface area (Å²) in [7, 11) is 0. The molecule has 1 heterocycles. The van der Waals surface area contributed by atoms with Gasteiger partial charge in [0.2, 0.25) is 5.91 Å². The number of carbonyl (C=O) groups is 1. The van der Waals surface area contributed by atoms with Crippen LogP contribution >= 0.6 is 11.8 Å². The van der Waals surface area contributed by atoms with Crippen LogP contribution in [-0.2, 0) is 4.79 Å². The van der Waals surface area contributed by atoms with E-state index in [1.54, 1.807) is 0 Å². The molecule has 0 fully saturated rings. The van der Waals surface area contributed by atoms with Crippen molar-refractivity contribution in [3.63, 3.8) is 0 Å². The lowest BCUT2D eigenvalue weighted by Gasteiger charge is -2.16. The Morgan fingerprint density at radius 2 is 2.07 bits per heavy atom. The van der Waals surface area contributed by atoms with Crippen molar-refractivity contribution in [2.24, 2.45) is 0 Å². The van der Waals surface area contributed by atoms with Gasteiger partial charge in [0, 0.05) is 6.54 Å². The van der Waals surface area contributed by atoms with Gasteiger partial charge in [-0.3, -0.25) is 9.36 Å². The van der Waals surface area contributed by atoms with Crippen LogP contribution in [0.1, 0.15) is 50.4 Å². The van der Waals surface area contributed by atoms with Crippen LogP contribution in [0.5, 0.6) is 0 Å². The summed E-state index contributed by atoms with van der Waals surface area (Å²) in [5.74, 6) is 0.872. The molecule has 0 unspecified atom stereocenters. The molecule has 2 aromatic rings. The number of aromatic nitrogens is 3. The van der Waals surface area contributed by atoms with Crippen LogP contribution in [0.15, 0.2) is 41.1 Å². The lowest BCUT2D eigenvalue weighted by molar-refractivity contribution is -0.120. The van der Waals surface area contributed by atoms with E-state index < -0.39 is 0 Å². The standard InChI is InChI=1S/C21H28N4OS/c1-15-9-7-8-12-19(15)25-17(3)23-24-21(25)27-16(2)20(26)22-14-13-18-10-5-4-6-11-18/h7-10,12,16H,4-6,11,13-14H2,1-3H3,(H,22,26)/t16-/m0/s1. The average molecular weight is 385 g/mol. The third-order valence-electron chi connectivity index (χ3n) is 4.93. The van der Waals surface area contributed by atoms with E-state index in [1.807, 2.05) is 30.5 Å². The molecule has 0 bridgehead atoms. The SMILES string of the molecule is Cc1ccccc1-n1c(C)nnc1S[C@@H](C)C(=O)NCCC1=CCCCC1. The minimum absolute atomic E-state index is 0.0494. The van der Waals surface area contributed by atoms with Crippen molar-refractivity contribution in [3.8, 4) is 5.69 Å². The first-order chi connectivity index (χ1) is 13.1. The van der Waals surface area contributed by atoms with Crippen molar-refractivity contribution in [1.29, 1.82) is 0 Å².